The van der Waals surface area contributed by atoms with E-state index in [1.165, 1.54) is 24.3 Å². The van der Waals surface area contributed by atoms with Crippen LogP contribution < -0.4 is 20.4 Å². The lowest BCUT2D eigenvalue weighted by Gasteiger charge is -2.35. The highest BCUT2D eigenvalue weighted by molar-refractivity contribution is 5.91. The Kier molecular flexibility index (Phi) is 11.3. The molecule has 0 bridgehead atoms. The summed E-state index contributed by atoms with van der Waals surface area (Å²) in [6.07, 6.45) is 6.01. The minimum Gasteiger partial charge on any atom is -0.504 e. The summed E-state index contributed by atoms with van der Waals surface area (Å²) in [6, 6.07) is 21.1. The molecule has 2 heterocycles. The maximum atomic E-state index is 15.0. The van der Waals surface area contributed by atoms with Crippen molar-refractivity contribution in [3.05, 3.63) is 101 Å². The molecule has 1 amide bonds. The highest BCUT2D eigenvalue weighted by Crippen LogP contribution is 2.41. The van der Waals surface area contributed by atoms with E-state index in [0.717, 1.165) is 24.0 Å². The van der Waals surface area contributed by atoms with Crippen LogP contribution in [0, 0.1) is 28.5 Å². The Morgan fingerprint density at radius 2 is 1.80 bits per heavy atom. The Morgan fingerprint density at radius 3 is 2.41 bits per heavy atom. The number of hydroxylamine groups is 1. The predicted octanol–water partition coefficient (Wildman–Crippen LogP) is 5.99. The molecule has 51 heavy (non-hydrogen) atoms. The summed E-state index contributed by atoms with van der Waals surface area (Å²) in [5.74, 6) is -0.877. The number of phenolic OH excluding ortho intramolecular Hbond substituents is 1. The highest BCUT2D eigenvalue weighted by atomic mass is 19.1. The SMILES string of the molecule is CC(NC1CCN(c2ncc(-c3ccc(OCC(C)(C)O)c(O)c3)c(-c3ccc(C#N)c(F)c3)c2C#N)CC1)c1ccc(/C=C/C(=O)NO)cc1. The number of piperidine rings is 1. The van der Waals surface area contributed by atoms with Crippen LogP contribution >= 0.6 is 0 Å². The average molecular weight is 691 g/mol. The van der Waals surface area contributed by atoms with Crippen LogP contribution in [0.3, 0.4) is 0 Å². The van der Waals surface area contributed by atoms with Gasteiger partial charge in [0.25, 0.3) is 5.91 Å². The molecular weight excluding hydrogens is 651 g/mol. The molecule has 12 heteroatoms. The van der Waals surface area contributed by atoms with E-state index < -0.39 is 17.3 Å². The number of nitriles is 2. The van der Waals surface area contributed by atoms with Crippen molar-refractivity contribution in [3.8, 4) is 45.9 Å². The number of aromatic hydroxyl groups is 1. The van der Waals surface area contributed by atoms with Gasteiger partial charge in [0.05, 0.1) is 11.2 Å². The third-order valence-electron chi connectivity index (χ3n) is 8.65. The molecule has 11 nitrogen and oxygen atoms in total. The molecule has 1 unspecified atom stereocenters. The lowest BCUT2D eigenvalue weighted by Crippen LogP contribution is -2.43. The molecule has 3 aromatic carbocycles. The second-order valence-electron chi connectivity index (χ2n) is 13.1. The maximum absolute atomic E-state index is 15.0. The Morgan fingerprint density at radius 1 is 1.10 bits per heavy atom. The number of hydrogen-bond donors (Lipinski definition) is 5. The number of nitrogens with one attached hydrogen (secondary N) is 2. The van der Waals surface area contributed by atoms with Crippen LogP contribution in [-0.2, 0) is 4.79 Å². The zero-order valence-corrected chi connectivity index (χ0v) is 28.5. The molecule has 1 saturated heterocycles. The number of hydrogen-bond acceptors (Lipinski definition) is 10. The fraction of sp³-hybridized carbons (Fsp3) is 0.282. The van der Waals surface area contributed by atoms with Crippen molar-refractivity contribution in [3.63, 3.8) is 0 Å². The summed E-state index contributed by atoms with van der Waals surface area (Å²) in [6.45, 7) is 6.43. The molecule has 1 aliphatic heterocycles. The standard InChI is InChI=1S/C39H39FN6O5/c1-24(26-7-4-25(5-8-26)6-13-36(48)45-50)44-30-14-16-46(17-15-30)38-31(21-42)37(28-9-10-29(20-41)33(40)18-28)32(22-43-38)27-11-12-35(34(47)19-27)51-23-39(2,3)49/h4-13,18-19,22,24,30,44,47,49-50H,14-17,23H2,1-3H3,(H,45,48)/b13-6+. The van der Waals surface area contributed by atoms with Gasteiger partial charge in [0.2, 0.25) is 0 Å². The number of halogens is 1. The molecule has 1 aliphatic rings. The summed E-state index contributed by atoms with van der Waals surface area (Å²) in [4.78, 5) is 18.0. The number of anilines is 1. The molecular formula is C39H39FN6O5. The van der Waals surface area contributed by atoms with Crippen LogP contribution in [0.25, 0.3) is 28.3 Å². The largest absolute Gasteiger partial charge is 0.504 e. The smallest absolute Gasteiger partial charge is 0.267 e. The first-order valence-electron chi connectivity index (χ1n) is 16.5. The molecule has 0 radical (unpaired) electrons. The van der Waals surface area contributed by atoms with Crippen LogP contribution in [0.2, 0.25) is 0 Å². The zero-order chi connectivity index (χ0) is 36.7. The normalized spacial score (nSPS) is 14.2. The van der Waals surface area contributed by atoms with E-state index in [-0.39, 0.29) is 41.3 Å². The molecule has 262 valence electrons. The van der Waals surface area contributed by atoms with Gasteiger partial charge in [0.1, 0.15) is 35.9 Å². The molecule has 5 rings (SSSR count). The minimum absolute atomic E-state index is 0.0460. The van der Waals surface area contributed by atoms with Crippen molar-refractivity contribution in [2.24, 2.45) is 0 Å². The fourth-order valence-electron chi connectivity index (χ4n) is 6.00. The van der Waals surface area contributed by atoms with Crippen molar-refractivity contribution in [1.29, 1.82) is 10.5 Å². The van der Waals surface area contributed by atoms with Gasteiger partial charge < -0.3 is 25.2 Å². The number of ether oxygens (including phenoxy) is 1. The van der Waals surface area contributed by atoms with Crippen molar-refractivity contribution in [2.75, 3.05) is 24.6 Å². The molecule has 5 N–H and O–H groups in total. The van der Waals surface area contributed by atoms with E-state index in [1.807, 2.05) is 35.2 Å². The van der Waals surface area contributed by atoms with Gasteiger partial charge in [0, 0.05) is 48.6 Å². The summed E-state index contributed by atoms with van der Waals surface area (Å²) in [7, 11) is 0. The third-order valence-corrected chi connectivity index (χ3v) is 8.65. The van der Waals surface area contributed by atoms with Crippen molar-refractivity contribution >= 4 is 17.8 Å². The lowest BCUT2D eigenvalue weighted by molar-refractivity contribution is -0.124. The summed E-state index contributed by atoms with van der Waals surface area (Å²) >= 11 is 0. The minimum atomic E-state index is -1.11. The monoisotopic (exact) mass is 690 g/mol. The number of carbonyl (C=O) groups is 1. The fourth-order valence-corrected chi connectivity index (χ4v) is 6.00. The number of pyridine rings is 1. The summed E-state index contributed by atoms with van der Waals surface area (Å²) < 4.78 is 20.6. The molecule has 1 aromatic heterocycles. The molecule has 1 fully saturated rings. The zero-order valence-electron chi connectivity index (χ0n) is 28.5. The van der Waals surface area contributed by atoms with Gasteiger partial charge in [-0.15, -0.1) is 0 Å². The van der Waals surface area contributed by atoms with Crippen LogP contribution in [0.1, 0.15) is 61.9 Å². The Bertz CT molecular complexity index is 2000. The van der Waals surface area contributed by atoms with E-state index in [4.69, 9.17) is 14.9 Å². The van der Waals surface area contributed by atoms with Crippen LogP contribution in [-0.4, -0.2) is 57.7 Å². The van der Waals surface area contributed by atoms with Gasteiger partial charge in [-0.05, 0) is 86.2 Å². The summed E-state index contributed by atoms with van der Waals surface area (Å²) in [5.41, 5.74) is 4.25. The van der Waals surface area contributed by atoms with Crippen LogP contribution in [0.5, 0.6) is 11.5 Å². The molecule has 4 aromatic rings. The van der Waals surface area contributed by atoms with E-state index >= 15 is 0 Å². The van der Waals surface area contributed by atoms with E-state index in [9.17, 15) is 29.9 Å². The Balaban J connectivity index is 1.39. The first-order valence-corrected chi connectivity index (χ1v) is 16.5. The molecule has 1 atom stereocenters. The van der Waals surface area contributed by atoms with Crippen molar-refractivity contribution in [1.82, 2.24) is 15.8 Å². The number of amides is 1. The molecule has 0 spiro atoms. The van der Waals surface area contributed by atoms with E-state index in [0.29, 0.717) is 41.2 Å². The van der Waals surface area contributed by atoms with Crippen molar-refractivity contribution in [2.45, 2.75) is 51.3 Å². The number of aromatic nitrogens is 1. The highest BCUT2D eigenvalue weighted by Gasteiger charge is 2.27. The first-order chi connectivity index (χ1) is 24.4. The number of aliphatic hydroxyl groups is 1. The Labute approximate surface area is 295 Å². The van der Waals surface area contributed by atoms with E-state index in [1.54, 1.807) is 49.8 Å². The van der Waals surface area contributed by atoms with Gasteiger partial charge in [-0.25, -0.2) is 14.9 Å². The second-order valence-corrected chi connectivity index (χ2v) is 13.1. The summed E-state index contributed by atoms with van der Waals surface area (Å²) in [5, 5.41) is 53.1. The van der Waals surface area contributed by atoms with Gasteiger partial charge in [-0.1, -0.05) is 36.4 Å². The Hall–Kier alpha value is -5.79. The third kappa shape index (κ3) is 8.87. The topological polar surface area (TPSA) is 175 Å². The second kappa shape index (κ2) is 15.8. The molecule has 0 saturated carbocycles. The maximum Gasteiger partial charge on any atom is 0.267 e. The molecule has 0 aliphatic carbocycles. The quantitative estimate of drug-likeness (QED) is 0.0714. The number of phenols is 1. The van der Waals surface area contributed by atoms with E-state index in [2.05, 4.69) is 18.3 Å². The van der Waals surface area contributed by atoms with Crippen LogP contribution in [0.15, 0.2) is 72.9 Å². The van der Waals surface area contributed by atoms with Gasteiger partial charge in [-0.2, -0.15) is 10.5 Å². The predicted molar refractivity (Wildman–Crippen MR) is 190 cm³/mol. The van der Waals surface area contributed by atoms with Gasteiger partial charge in [-0.3, -0.25) is 10.0 Å². The number of nitrogens with zero attached hydrogens (tertiary/aromatic N) is 4. The first kappa shape index (κ1) is 36.5. The number of carbonyl (C=O) groups excluding carboxylic acids is 1. The number of benzene rings is 3. The average Bonchev–Trinajstić information content (AvgIpc) is 3.12. The lowest BCUT2D eigenvalue weighted by atomic mass is 9.91. The van der Waals surface area contributed by atoms with Crippen molar-refractivity contribution < 1.29 is 29.3 Å². The van der Waals surface area contributed by atoms with Crippen LogP contribution in [0.4, 0.5) is 10.2 Å². The van der Waals surface area contributed by atoms with Gasteiger partial charge in [0.15, 0.2) is 11.5 Å². The number of rotatable bonds is 11. The van der Waals surface area contributed by atoms with Gasteiger partial charge >= 0.3 is 0 Å².